The van der Waals surface area contributed by atoms with Crippen molar-refractivity contribution >= 4 is 23.4 Å². The van der Waals surface area contributed by atoms with Crippen molar-refractivity contribution in [1.29, 1.82) is 10.5 Å². The molecule has 3 rings (SSSR count). The Balaban J connectivity index is 1.85. The third kappa shape index (κ3) is 3.44. The van der Waals surface area contributed by atoms with Gasteiger partial charge in [-0.15, -0.1) is 0 Å². The first-order valence-electron chi connectivity index (χ1n) is 6.99. The van der Waals surface area contributed by atoms with E-state index in [1.165, 1.54) is 11.8 Å². The number of hydrogen-bond donors (Lipinski definition) is 0. The first kappa shape index (κ1) is 16.1. The highest BCUT2D eigenvalue weighted by atomic mass is 35.5. The van der Waals surface area contributed by atoms with Crippen LogP contribution in [0.3, 0.4) is 0 Å². The van der Waals surface area contributed by atoms with Crippen LogP contribution in [0.2, 0.25) is 5.02 Å². The Labute approximate surface area is 148 Å². The second-order valence-electron chi connectivity index (χ2n) is 4.83. The van der Waals surface area contributed by atoms with Crippen LogP contribution in [-0.2, 0) is 5.75 Å². The van der Waals surface area contributed by atoms with Gasteiger partial charge in [0.1, 0.15) is 6.07 Å². The molecule has 0 aliphatic carbocycles. The molecule has 2 aromatic carbocycles. The molecule has 0 radical (unpaired) electrons. The van der Waals surface area contributed by atoms with Crippen molar-refractivity contribution in [3.63, 3.8) is 0 Å². The molecule has 0 N–H and O–H groups in total. The molecular weight excluding hydrogens is 342 g/mol. The second-order valence-corrected chi connectivity index (χ2v) is 6.22. The topological polar surface area (TPSA) is 73.6 Å². The van der Waals surface area contributed by atoms with Crippen LogP contribution in [0.4, 0.5) is 0 Å². The summed E-state index contributed by atoms with van der Waals surface area (Å²) >= 11 is 7.22. The molecule has 0 aliphatic rings. The van der Waals surface area contributed by atoms with Crippen LogP contribution in [0.5, 0.6) is 0 Å². The van der Waals surface area contributed by atoms with E-state index < -0.39 is 0 Å². The van der Waals surface area contributed by atoms with E-state index in [1.807, 2.05) is 24.3 Å². The van der Waals surface area contributed by atoms with Gasteiger partial charge in [0.05, 0.1) is 11.6 Å². The van der Waals surface area contributed by atoms with Crippen LogP contribution in [0, 0.1) is 22.7 Å². The first-order valence-corrected chi connectivity index (χ1v) is 8.35. The van der Waals surface area contributed by atoms with Gasteiger partial charge in [0.15, 0.2) is 10.8 Å². The molecule has 116 valence electrons. The van der Waals surface area contributed by atoms with Crippen molar-refractivity contribution in [2.75, 3.05) is 0 Å². The van der Waals surface area contributed by atoms with Gasteiger partial charge in [-0.25, -0.2) is 0 Å². The Morgan fingerprint density at radius 3 is 2.50 bits per heavy atom. The van der Waals surface area contributed by atoms with E-state index in [-0.39, 0.29) is 5.69 Å². The summed E-state index contributed by atoms with van der Waals surface area (Å²) in [5.74, 6) is 0.896. The minimum absolute atomic E-state index is 0.236. The maximum atomic E-state index is 9.26. The summed E-state index contributed by atoms with van der Waals surface area (Å²) in [6.45, 7) is 0. The lowest BCUT2D eigenvalue weighted by atomic mass is 10.1. The van der Waals surface area contributed by atoms with Gasteiger partial charge in [-0.05, 0) is 35.9 Å². The predicted octanol–water partition coefficient (Wildman–Crippen LogP) is 5.03. The summed E-state index contributed by atoms with van der Waals surface area (Å²) in [7, 11) is 0. The third-order valence-electron chi connectivity index (χ3n) is 3.29. The number of benzene rings is 2. The van der Waals surface area contributed by atoms with Gasteiger partial charge < -0.3 is 4.42 Å². The molecule has 0 bridgehead atoms. The number of aromatic nitrogens is 1. The number of rotatable bonds is 4. The smallest absolute Gasteiger partial charge is 0.228 e. The minimum atomic E-state index is 0.236. The fourth-order valence-electron chi connectivity index (χ4n) is 2.09. The molecule has 4 nitrogen and oxygen atoms in total. The van der Waals surface area contributed by atoms with Crippen LogP contribution in [0.1, 0.15) is 16.8 Å². The molecular formula is C18H10ClN3OS. The van der Waals surface area contributed by atoms with Gasteiger partial charge in [0.25, 0.3) is 0 Å². The van der Waals surface area contributed by atoms with E-state index in [4.69, 9.17) is 21.3 Å². The van der Waals surface area contributed by atoms with Crippen LogP contribution >= 0.6 is 23.4 Å². The molecule has 24 heavy (non-hydrogen) atoms. The maximum Gasteiger partial charge on any atom is 0.228 e. The first-order chi connectivity index (χ1) is 11.7. The summed E-state index contributed by atoms with van der Waals surface area (Å²) in [6, 6.07) is 18.6. The Morgan fingerprint density at radius 1 is 1.04 bits per heavy atom. The monoisotopic (exact) mass is 351 g/mol. The molecule has 0 saturated heterocycles. The third-order valence-corrected chi connectivity index (χ3v) is 4.54. The van der Waals surface area contributed by atoms with Gasteiger partial charge in [-0.1, -0.05) is 41.6 Å². The average Bonchev–Trinajstić information content (AvgIpc) is 3.04. The van der Waals surface area contributed by atoms with Gasteiger partial charge in [-0.2, -0.15) is 15.5 Å². The van der Waals surface area contributed by atoms with Gasteiger partial charge in [0, 0.05) is 16.3 Å². The zero-order valence-corrected chi connectivity index (χ0v) is 13.9. The molecule has 0 saturated carbocycles. The Bertz CT molecular complexity index is 952. The average molecular weight is 352 g/mol. The number of nitriles is 2. The van der Waals surface area contributed by atoms with Crippen molar-refractivity contribution in [3.8, 4) is 23.6 Å². The van der Waals surface area contributed by atoms with E-state index in [9.17, 15) is 5.26 Å². The SMILES string of the molecule is N#Cc1ccccc1CSc1oc(-c2ccc(Cl)cc2)nc1C#N. The van der Waals surface area contributed by atoms with Gasteiger partial charge in [-0.3, -0.25) is 0 Å². The summed E-state index contributed by atoms with van der Waals surface area (Å²) in [5, 5.41) is 19.5. The van der Waals surface area contributed by atoms with Crippen molar-refractivity contribution in [1.82, 2.24) is 4.98 Å². The van der Waals surface area contributed by atoms with Crippen molar-refractivity contribution in [3.05, 3.63) is 70.4 Å². The normalized spacial score (nSPS) is 10.1. The molecule has 1 aromatic heterocycles. The van der Waals surface area contributed by atoms with Crippen molar-refractivity contribution in [2.45, 2.75) is 10.8 Å². The molecule has 0 spiro atoms. The lowest BCUT2D eigenvalue weighted by Crippen LogP contribution is -1.86. The van der Waals surface area contributed by atoms with E-state index in [0.29, 0.717) is 27.3 Å². The Morgan fingerprint density at radius 2 is 1.79 bits per heavy atom. The van der Waals surface area contributed by atoms with E-state index >= 15 is 0 Å². The number of nitrogens with zero attached hydrogens (tertiary/aromatic N) is 3. The van der Waals surface area contributed by atoms with E-state index in [1.54, 1.807) is 30.3 Å². The zero-order valence-electron chi connectivity index (χ0n) is 12.4. The highest BCUT2D eigenvalue weighted by Gasteiger charge is 2.15. The van der Waals surface area contributed by atoms with Gasteiger partial charge in [0.2, 0.25) is 5.89 Å². The van der Waals surface area contributed by atoms with E-state index in [2.05, 4.69) is 11.1 Å². The highest BCUT2D eigenvalue weighted by molar-refractivity contribution is 7.98. The van der Waals surface area contributed by atoms with Crippen molar-refractivity contribution in [2.24, 2.45) is 0 Å². The Kier molecular flexibility index (Phi) is 4.86. The molecule has 0 fully saturated rings. The number of thioether (sulfide) groups is 1. The fourth-order valence-corrected chi connectivity index (χ4v) is 3.12. The summed E-state index contributed by atoms with van der Waals surface area (Å²) in [5.41, 5.74) is 2.49. The quantitative estimate of drug-likeness (QED) is 0.616. The minimum Gasteiger partial charge on any atom is -0.428 e. The number of halogens is 1. The van der Waals surface area contributed by atoms with Crippen LogP contribution in [0.15, 0.2) is 58.0 Å². The number of hydrogen-bond acceptors (Lipinski definition) is 5. The molecule has 0 unspecified atom stereocenters. The lowest BCUT2D eigenvalue weighted by Gasteiger charge is -2.01. The molecule has 1 heterocycles. The largest absolute Gasteiger partial charge is 0.428 e. The van der Waals surface area contributed by atoms with E-state index in [0.717, 1.165) is 11.1 Å². The fraction of sp³-hybridized carbons (Fsp3) is 0.0556. The molecule has 0 atom stereocenters. The molecule has 6 heteroatoms. The van der Waals surface area contributed by atoms with Crippen LogP contribution in [-0.4, -0.2) is 4.98 Å². The maximum absolute atomic E-state index is 9.26. The molecule has 0 aliphatic heterocycles. The number of oxazole rings is 1. The van der Waals surface area contributed by atoms with Gasteiger partial charge >= 0.3 is 0 Å². The summed E-state index contributed by atoms with van der Waals surface area (Å²) < 4.78 is 5.73. The molecule has 0 amide bonds. The summed E-state index contributed by atoms with van der Waals surface area (Å²) in [6.07, 6.45) is 0. The lowest BCUT2D eigenvalue weighted by molar-refractivity contribution is 0.483. The Hall–Kier alpha value is -2.73. The standard InChI is InChI=1S/C18H10ClN3OS/c19-15-7-5-12(6-8-15)17-22-16(10-21)18(23-17)24-11-14-4-2-1-3-13(14)9-20/h1-8H,11H2. The predicted molar refractivity (Wildman–Crippen MR) is 92.4 cm³/mol. The molecule has 3 aromatic rings. The van der Waals surface area contributed by atoms with Crippen LogP contribution < -0.4 is 0 Å². The highest BCUT2D eigenvalue weighted by Crippen LogP contribution is 2.32. The summed E-state index contributed by atoms with van der Waals surface area (Å²) in [4.78, 5) is 4.23. The zero-order chi connectivity index (χ0) is 16.9. The second kappa shape index (κ2) is 7.23. The van der Waals surface area contributed by atoms with Crippen LogP contribution in [0.25, 0.3) is 11.5 Å². The van der Waals surface area contributed by atoms with Crippen molar-refractivity contribution < 1.29 is 4.42 Å².